The van der Waals surface area contributed by atoms with E-state index in [9.17, 15) is 4.79 Å². The first kappa shape index (κ1) is 18.7. The lowest BCUT2D eigenvalue weighted by Gasteiger charge is -2.32. The normalized spacial score (nSPS) is 15.7. The molecule has 0 bridgehead atoms. The summed E-state index contributed by atoms with van der Waals surface area (Å²) in [5, 5.41) is 3.40. The van der Waals surface area contributed by atoms with E-state index in [1.54, 1.807) is 18.2 Å². The van der Waals surface area contributed by atoms with Crippen LogP contribution in [0.4, 0.5) is 5.69 Å². The minimum Gasteiger partial charge on any atom is -0.496 e. The van der Waals surface area contributed by atoms with Crippen molar-refractivity contribution in [1.82, 2.24) is 9.80 Å². The number of carbonyl (C=O) groups excluding carboxylic acids is 1. The summed E-state index contributed by atoms with van der Waals surface area (Å²) in [4.78, 5) is 17.3. The van der Waals surface area contributed by atoms with Crippen molar-refractivity contribution in [2.24, 2.45) is 0 Å². The molecule has 0 aromatic heterocycles. The van der Waals surface area contributed by atoms with E-state index >= 15 is 0 Å². The van der Waals surface area contributed by atoms with E-state index in [0.29, 0.717) is 16.3 Å². The van der Waals surface area contributed by atoms with Crippen LogP contribution in [0.15, 0.2) is 42.5 Å². The summed E-state index contributed by atoms with van der Waals surface area (Å²) >= 11 is 6.00. The number of hydrogen-bond acceptors (Lipinski definition) is 4. The Labute approximate surface area is 159 Å². The highest BCUT2D eigenvalue weighted by Gasteiger charge is 2.15. The van der Waals surface area contributed by atoms with Crippen LogP contribution in [-0.2, 0) is 6.54 Å². The maximum Gasteiger partial charge on any atom is 0.259 e. The minimum absolute atomic E-state index is 0.240. The number of likely N-dealkylation sites (N-methyl/N-ethyl adjacent to an activating group) is 1. The van der Waals surface area contributed by atoms with Crippen LogP contribution in [0.1, 0.15) is 15.9 Å². The number of nitrogens with one attached hydrogen (secondary N) is 1. The first-order valence-corrected chi connectivity index (χ1v) is 9.07. The zero-order chi connectivity index (χ0) is 18.5. The SMILES string of the molecule is COc1ccc(Cl)cc1C(=O)Nc1ccc(CN2CCN(C)CC2)cc1. The van der Waals surface area contributed by atoms with Gasteiger partial charge in [0.25, 0.3) is 5.91 Å². The number of hydrogen-bond donors (Lipinski definition) is 1. The predicted octanol–water partition coefficient (Wildman–Crippen LogP) is 3.35. The Morgan fingerprint density at radius 2 is 1.81 bits per heavy atom. The number of carbonyl (C=O) groups is 1. The number of piperazine rings is 1. The second-order valence-corrected chi connectivity index (χ2v) is 7.01. The number of anilines is 1. The highest BCUT2D eigenvalue weighted by molar-refractivity contribution is 6.31. The smallest absolute Gasteiger partial charge is 0.259 e. The van der Waals surface area contributed by atoms with Gasteiger partial charge in [-0.15, -0.1) is 0 Å². The summed E-state index contributed by atoms with van der Waals surface area (Å²) in [7, 11) is 3.69. The number of rotatable bonds is 5. The molecule has 0 atom stereocenters. The molecule has 3 rings (SSSR count). The van der Waals surface area contributed by atoms with Crippen molar-refractivity contribution in [3.8, 4) is 5.75 Å². The standard InChI is InChI=1S/C20H24ClN3O2/c1-23-9-11-24(12-10-23)14-15-3-6-17(7-4-15)22-20(25)18-13-16(21)5-8-19(18)26-2/h3-8,13H,9-12,14H2,1-2H3,(H,22,25). The Morgan fingerprint density at radius 1 is 1.12 bits per heavy atom. The summed E-state index contributed by atoms with van der Waals surface area (Å²) in [6, 6.07) is 13.0. The molecule has 1 aliphatic heterocycles. The Hall–Kier alpha value is -2.08. The lowest BCUT2D eigenvalue weighted by atomic mass is 10.1. The molecule has 1 amide bonds. The second kappa shape index (κ2) is 8.54. The maximum absolute atomic E-state index is 12.5. The predicted molar refractivity (Wildman–Crippen MR) is 105 cm³/mol. The van der Waals surface area contributed by atoms with Crippen molar-refractivity contribution in [3.63, 3.8) is 0 Å². The van der Waals surface area contributed by atoms with Crippen molar-refractivity contribution < 1.29 is 9.53 Å². The molecular formula is C20H24ClN3O2. The van der Waals surface area contributed by atoms with Crippen LogP contribution in [0.3, 0.4) is 0 Å². The fourth-order valence-electron chi connectivity index (χ4n) is 3.01. The number of methoxy groups -OCH3 is 1. The van der Waals surface area contributed by atoms with E-state index in [0.717, 1.165) is 38.4 Å². The number of halogens is 1. The molecule has 0 unspecified atom stereocenters. The Kier molecular flexibility index (Phi) is 6.14. The average Bonchev–Trinajstić information content (AvgIpc) is 2.65. The quantitative estimate of drug-likeness (QED) is 0.873. The van der Waals surface area contributed by atoms with E-state index < -0.39 is 0 Å². The summed E-state index contributed by atoms with van der Waals surface area (Å²) < 4.78 is 5.24. The largest absolute Gasteiger partial charge is 0.496 e. The van der Waals surface area contributed by atoms with Crippen LogP contribution >= 0.6 is 11.6 Å². The summed E-state index contributed by atoms with van der Waals surface area (Å²) in [6.07, 6.45) is 0. The van der Waals surface area contributed by atoms with Crippen LogP contribution in [0, 0.1) is 0 Å². The van der Waals surface area contributed by atoms with Crippen LogP contribution in [0.25, 0.3) is 0 Å². The van der Waals surface area contributed by atoms with Crippen LogP contribution < -0.4 is 10.1 Å². The van der Waals surface area contributed by atoms with Crippen LogP contribution in [-0.4, -0.2) is 56.0 Å². The fraction of sp³-hybridized carbons (Fsp3) is 0.350. The summed E-state index contributed by atoms with van der Waals surface area (Å²) in [6.45, 7) is 5.32. The molecule has 0 radical (unpaired) electrons. The van der Waals surface area contributed by atoms with Gasteiger partial charge >= 0.3 is 0 Å². The zero-order valence-corrected chi connectivity index (χ0v) is 15.9. The first-order chi connectivity index (χ1) is 12.5. The maximum atomic E-state index is 12.5. The van der Waals surface area contributed by atoms with Crippen molar-refractivity contribution in [3.05, 3.63) is 58.6 Å². The third kappa shape index (κ3) is 4.75. The topological polar surface area (TPSA) is 44.8 Å². The second-order valence-electron chi connectivity index (χ2n) is 6.58. The van der Waals surface area contributed by atoms with E-state index in [-0.39, 0.29) is 5.91 Å². The molecule has 1 heterocycles. The van der Waals surface area contributed by atoms with Crippen molar-refractivity contribution in [2.75, 3.05) is 45.7 Å². The van der Waals surface area contributed by atoms with Crippen molar-refractivity contribution in [2.45, 2.75) is 6.54 Å². The molecule has 5 nitrogen and oxygen atoms in total. The molecule has 1 fully saturated rings. The average molecular weight is 374 g/mol. The van der Waals surface area contributed by atoms with Gasteiger partial charge in [-0.05, 0) is 42.9 Å². The molecule has 1 saturated heterocycles. The Balaban J connectivity index is 1.62. The number of amides is 1. The van der Waals surface area contributed by atoms with Gasteiger partial charge in [0.15, 0.2) is 0 Å². The monoisotopic (exact) mass is 373 g/mol. The highest BCUT2D eigenvalue weighted by Crippen LogP contribution is 2.24. The molecule has 0 spiro atoms. The van der Waals surface area contributed by atoms with Gasteiger partial charge in [0.2, 0.25) is 0 Å². The molecule has 1 N–H and O–H groups in total. The minimum atomic E-state index is -0.240. The van der Waals surface area contributed by atoms with Gasteiger partial charge in [0.1, 0.15) is 5.75 Å². The molecule has 0 saturated carbocycles. The van der Waals surface area contributed by atoms with Crippen LogP contribution in [0.5, 0.6) is 5.75 Å². The number of ether oxygens (including phenoxy) is 1. The Morgan fingerprint density at radius 3 is 2.46 bits per heavy atom. The molecular weight excluding hydrogens is 350 g/mol. The number of benzene rings is 2. The van der Waals surface area contributed by atoms with E-state index in [4.69, 9.17) is 16.3 Å². The highest BCUT2D eigenvalue weighted by atomic mass is 35.5. The van der Waals surface area contributed by atoms with Gasteiger partial charge in [-0.3, -0.25) is 9.69 Å². The molecule has 26 heavy (non-hydrogen) atoms. The third-order valence-corrected chi connectivity index (χ3v) is 4.86. The molecule has 2 aromatic rings. The molecule has 1 aliphatic rings. The molecule has 6 heteroatoms. The summed E-state index contributed by atoms with van der Waals surface area (Å²) in [5.41, 5.74) is 2.41. The van der Waals surface area contributed by atoms with Crippen molar-refractivity contribution >= 4 is 23.2 Å². The lowest BCUT2D eigenvalue weighted by Crippen LogP contribution is -2.43. The zero-order valence-electron chi connectivity index (χ0n) is 15.2. The van der Waals surface area contributed by atoms with Crippen molar-refractivity contribution in [1.29, 1.82) is 0 Å². The lowest BCUT2D eigenvalue weighted by molar-refractivity contribution is 0.102. The van der Waals surface area contributed by atoms with Gasteiger partial charge < -0.3 is 15.0 Å². The summed E-state index contributed by atoms with van der Waals surface area (Å²) in [5.74, 6) is 0.259. The van der Waals surface area contributed by atoms with Gasteiger partial charge in [-0.1, -0.05) is 23.7 Å². The van der Waals surface area contributed by atoms with E-state index in [1.807, 2.05) is 12.1 Å². The fourth-order valence-corrected chi connectivity index (χ4v) is 3.19. The van der Waals surface area contributed by atoms with Gasteiger partial charge in [0, 0.05) is 43.4 Å². The van der Waals surface area contributed by atoms with Crippen LogP contribution in [0.2, 0.25) is 5.02 Å². The number of nitrogens with zero attached hydrogens (tertiary/aromatic N) is 2. The van der Waals surface area contributed by atoms with Gasteiger partial charge in [-0.2, -0.15) is 0 Å². The van der Waals surface area contributed by atoms with E-state index in [1.165, 1.54) is 12.7 Å². The molecule has 138 valence electrons. The van der Waals surface area contributed by atoms with Gasteiger partial charge in [-0.25, -0.2) is 0 Å². The molecule has 0 aliphatic carbocycles. The Bertz CT molecular complexity index is 756. The van der Waals surface area contributed by atoms with E-state index in [2.05, 4.69) is 34.3 Å². The first-order valence-electron chi connectivity index (χ1n) is 8.70. The van der Waals surface area contributed by atoms with Gasteiger partial charge in [0.05, 0.1) is 12.7 Å². The third-order valence-electron chi connectivity index (χ3n) is 4.62. The molecule has 2 aromatic carbocycles.